The molecule has 4 rings (SSSR count). The van der Waals surface area contributed by atoms with E-state index in [0.29, 0.717) is 29.9 Å². The van der Waals surface area contributed by atoms with Gasteiger partial charge in [-0.3, -0.25) is 0 Å². The Morgan fingerprint density at radius 3 is 2.56 bits per heavy atom. The van der Waals surface area contributed by atoms with Gasteiger partial charge in [0.25, 0.3) is 0 Å². The average Bonchev–Trinajstić information content (AvgIpc) is 3.23. The lowest BCUT2D eigenvalue weighted by Gasteiger charge is -2.25. The maximum Gasteiger partial charge on any atom is 0.342 e. The van der Waals surface area contributed by atoms with E-state index in [1.54, 1.807) is 25.3 Å². The largest absolute Gasteiger partial charge is 0.497 e. The van der Waals surface area contributed by atoms with Crippen molar-refractivity contribution in [3.63, 3.8) is 0 Å². The predicted octanol–water partition coefficient (Wildman–Crippen LogP) is 4.94. The molecule has 2 aromatic rings. The van der Waals surface area contributed by atoms with Crippen LogP contribution in [0.2, 0.25) is 0 Å². The lowest BCUT2D eigenvalue weighted by molar-refractivity contribution is -0.152. The fourth-order valence-electron chi connectivity index (χ4n) is 4.94. The highest BCUT2D eigenvalue weighted by Gasteiger charge is 2.43. The number of carbonyl (C=O) groups excluding carboxylic acids is 1. The Morgan fingerprint density at radius 1 is 1.08 bits per heavy atom. The Bertz CT molecular complexity index is 1170. The number of hydrogen-bond acceptors (Lipinski definition) is 8. The minimum Gasteiger partial charge on any atom is -0.497 e. The van der Waals surface area contributed by atoms with E-state index in [1.807, 2.05) is 69.3 Å². The number of fused-ring (bicyclic) bond motifs is 2. The highest BCUT2D eigenvalue weighted by atomic mass is 16.8. The third-order valence-electron chi connectivity index (χ3n) is 6.87. The first-order valence-corrected chi connectivity index (χ1v) is 13.2. The van der Waals surface area contributed by atoms with Crippen LogP contribution in [-0.2, 0) is 25.4 Å². The molecule has 8 heteroatoms. The fourth-order valence-corrected chi connectivity index (χ4v) is 4.94. The summed E-state index contributed by atoms with van der Waals surface area (Å²) >= 11 is 0. The minimum absolute atomic E-state index is 0.0482. The zero-order valence-electron chi connectivity index (χ0n) is 23.2. The SMILES string of the molecule is COCOc1cc(OC)cc2c1C(=O)O[C@@H](C)[C@H](Cc1ccccc1)/C=C\C(O)[C@H]1OC(C)(C)O[C@H]1C/C=C/2. The Kier molecular flexibility index (Phi) is 9.45. The fraction of sp³-hybridized carbons (Fsp3) is 0.452. The average molecular weight is 539 g/mol. The summed E-state index contributed by atoms with van der Waals surface area (Å²) in [6.07, 6.45) is 5.99. The molecule has 1 unspecified atom stereocenters. The monoisotopic (exact) mass is 538 g/mol. The molecule has 8 nitrogen and oxygen atoms in total. The van der Waals surface area contributed by atoms with Crippen LogP contribution in [0.5, 0.6) is 11.5 Å². The van der Waals surface area contributed by atoms with Crippen molar-refractivity contribution in [2.45, 2.75) is 63.8 Å². The zero-order valence-corrected chi connectivity index (χ0v) is 23.2. The van der Waals surface area contributed by atoms with Crippen molar-refractivity contribution >= 4 is 12.0 Å². The molecule has 0 spiro atoms. The molecule has 2 heterocycles. The number of aliphatic hydroxyl groups excluding tert-OH is 1. The molecule has 0 saturated carbocycles. The second-order valence-corrected chi connectivity index (χ2v) is 10.3. The molecule has 0 aromatic heterocycles. The summed E-state index contributed by atoms with van der Waals surface area (Å²) in [7, 11) is 3.06. The number of methoxy groups -OCH3 is 2. The van der Waals surface area contributed by atoms with E-state index in [2.05, 4.69) is 0 Å². The van der Waals surface area contributed by atoms with Crippen molar-refractivity contribution in [3.8, 4) is 11.5 Å². The van der Waals surface area contributed by atoms with E-state index in [9.17, 15) is 9.90 Å². The quantitative estimate of drug-likeness (QED) is 0.314. The van der Waals surface area contributed by atoms with Crippen LogP contribution in [0.15, 0.2) is 60.7 Å². The second-order valence-electron chi connectivity index (χ2n) is 10.3. The van der Waals surface area contributed by atoms with Crippen LogP contribution in [0.1, 0.15) is 48.7 Å². The predicted molar refractivity (Wildman–Crippen MR) is 147 cm³/mol. The van der Waals surface area contributed by atoms with E-state index in [1.165, 1.54) is 7.11 Å². The van der Waals surface area contributed by atoms with Crippen molar-refractivity contribution in [3.05, 3.63) is 77.4 Å². The molecular formula is C31H38O8. The van der Waals surface area contributed by atoms with Gasteiger partial charge in [0.05, 0.1) is 13.2 Å². The summed E-state index contributed by atoms with van der Waals surface area (Å²) in [6.45, 7) is 5.47. The van der Waals surface area contributed by atoms with Gasteiger partial charge >= 0.3 is 5.97 Å². The molecule has 0 radical (unpaired) electrons. The van der Waals surface area contributed by atoms with Crippen molar-refractivity contribution in [2.24, 2.45) is 5.92 Å². The minimum atomic E-state index is -0.907. The zero-order chi connectivity index (χ0) is 28.0. The molecule has 2 aromatic carbocycles. The first-order valence-electron chi connectivity index (χ1n) is 13.2. The Labute approximate surface area is 230 Å². The first kappa shape index (κ1) is 28.8. The summed E-state index contributed by atoms with van der Waals surface area (Å²) in [6, 6.07) is 13.4. The summed E-state index contributed by atoms with van der Waals surface area (Å²) in [5, 5.41) is 11.1. The number of aliphatic hydroxyl groups is 1. The number of cyclic esters (lactones) is 1. The van der Waals surface area contributed by atoms with Crippen molar-refractivity contribution in [1.82, 2.24) is 0 Å². The summed E-state index contributed by atoms with van der Waals surface area (Å²) < 4.78 is 34.6. The van der Waals surface area contributed by atoms with Crippen LogP contribution in [0.4, 0.5) is 0 Å². The molecule has 1 N–H and O–H groups in total. The van der Waals surface area contributed by atoms with Gasteiger partial charge in [0.2, 0.25) is 0 Å². The Morgan fingerprint density at radius 2 is 1.85 bits per heavy atom. The highest BCUT2D eigenvalue weighted by molar-refractivity contribution is 5.97. The number of rotatable bonds is 6. The van der Waals surface area contributed by atoms with Gasteiger partial charge in [0, 0.05) is 19.1 Å². The number of hydrogen-bond donors (Lipinski definition) is 1. The van der Waals surface area contributed by atoms with Crippen LogP contribution >= 0.6 is 0 Å². The number of carbonyl (C=O) groups is 1. The van der Waals surface area contributed by atoms with Gasteiger partial charge in [-0.1, -0.05) is 54.6 Å². The van der Waals surface area contributed by atoms with Crippen LogP contribution in [0.25, 0.3) is 6.08 Å². The van der Waals surface area contributed by atoms with Gasteiger partial charge in [0.1, 0.15) is 35.4 Å². The molecular weight excluding hydrogens is 500 g/mol. The Balaban J connectivity index is 1.77. The molecule has 210 valence electrons. The van der Waals surface area contributed by atoms with Crippen molar-refractivity contribution in [1.29, 1.82) is 0 Å². The highest BCUT2D eigenvalue weighted by Crippen LogP contribution is 2.35. The van der Waals surface area contributed by atoms with Gasteiger partial charge in [-0.05, 0) is 50.8 Å². The molecule has 2 aliphatic heterocycles. The molecule has 0 aliphatic carbocycles. The topological polar surface area (TPSA) is 92.7 Å². The normalized spacial score (nSPS) is 28.4. The van der Waals surface area contributed by atoms with Crippen LogP contribution in [0, 0.1) is 5.92 Å². The van der Waals surface area contributed by atoms with E-state index >= 15 is 0 Å². The van der Waals surface area contributed by atoms with Gasteiger partial charge in [0.15, 0.2) is 12.6 Å². The first-order chi connectivity index (χ1) is 18.7. The van der Waals surface area contributed by atoms with E-state index in [4.69, 9.17) is 28.4 Å². The molecule has 1 saturated heterocycles. The standard InChI is InChI=1S/C31H38O8/c1-20-22(16-21-10-7-6-8-11-21)14-15-25(32)29-26(38-31(2,3)39-29)13-9-12-23-17-24(35-5)18-27(36-19-34-4)28(23)30(33)37-20/h6-12,14-15,17-18,20,22,25-26,29,32H,13,16,19H2,1-5H3/b12-9+,15-14-/t20-,22-,25?,26-,29+/m0/s1. The third kappa shape index (κ3) is 7.28. The summed E-state index contributed by atoms with van der Waals surface area (Å²) in [4.78, 5) is 13.7. The number of ether oxygens (including phenoxy) is 6. The van der Waals surface area contributed by atoms with Crippen LogP contribution < -0.4 is 9.47 Å². The molecule has 39 heavy (non-hydrogen) atoms. The molecule has 5 atom stereocenters. The van der Waals surface area contributed by atoms with E-state index in [0.717, 1.165) is 5.56 Å². The molecule has 2 aliphatic rings. The maximum atomic E-state index is 13.7. The van der Waals surface area contributed by atoms with Gasteiger partial charge in [-0.2, -0.15) is 0 Å². The van der Waals surface area contributed by atoms with Crippen LogP contribution in [-0.4, -0.2) is 62.3 Å². The van der Waals surface area contributed by atoms with E-state index < -0.39 is 36.2 Å². The van der Waals surface area contributed by atoms with Crippen molar-refractivity contribution in [2.75, 3.05) is 21.0 Å². The number of benzene rings is 2. The third-order valence-corrected chi connectivity index (χ3v) is 6.87. The molecule has 1 fully saturated rings. The second kappa shape index (κ2) is 12.8. The maximum absolute atomic E-state index is 13.7. The van der Waals surface area contributed by atoms with Crippen LogP contribution in [0.3, 0.4) is 0 Å². The van der Waals surface area contributed by atoms with Gasteiger partial charge in [-0.15, -0.1) is 0 Å². The lowest BCUT2D eigenvalue weighted by Crippen LogP contribution is -2.34. The van der Waals surface area contributed by atoms with Crippen molar-refractivity contribution < 1.29 is 38.3 Å². The molecule has 0 bridgehead atoms. The molecule has 0 amide bonds. The smallest absolute Gasteiger partial charge is 0.342 e. The van der Waals surface area contributed by atoms with Gasteiger partial charge < -0.3 is 33.5 Å². The van der Waals surface area contributed by atoms with Gasteiger partial charge in [-0.25, -0.2) is 4.79 Å². The summed E-state index contributed by atoms with van der Waals surface area (Å²) in [5.41, 5.74) is 1.93. The number of esters is 1. The summed E-state index contributed by atoms with van der Waals surface area (Å²) in [5.74, 6) is -0.775. The lowest BCUT2D eigenvalue weighted by atomic mass is 9.92. The van der Waals surface area contributed by atoms with E-state index in [-0.39, 0.29) is 18.3 Å². The Hall–Kier alpha value is -3.17.